The summed E-state index contributed by atoms with van der Waals surface area (Å²) in [6.45, 7) is 5.24. The zero-order valence-electron chi connectivity index (χ0n) is 12.9. The fraction of sp³-hybridized carbons (Fsp3) is 0.167. The summed E-state index contributed by atoms with van der Waals surface area (Å²) in [5.41, 5.74) is 0.195. The van der Waals surface area contributed by atoms with E-state index in [2.05, 4.69) is 6.58 Å². The van der Waals surface area contributed by atoms with Gasteiger partial charge in [0.05, 0.1) is 11.5 Å². The summed E-state index contributed by atoms with van der Waals surface area (Å²) in [5, 5.41) is 40.0. The van der Waals surface area contributed by atoms with Crippen LogP contribution in [0.3, 0.4) is 0 Å². The van der Waals surface area contributed by atoms with E-state index < -0.39 is 17.3 Å². The lowest BCUT2D eigenvalue weighted by atomic mass is 9.99. The third-order valence-corrected chi connectivity index (χ3v) is 3.97. The van der Waals surface area contributed by atoms with Crippen LogP contribution in [0.5, 0.6) is 17.2 Å². The molecule has 0 amide bonds. The largest absolute Gasteiger partial charge is 0.508 e. The minimum atomic E-state index is -0.976. The average Bonchev–Trinajstić information content (AvgIpc) is 2.51. The SMILES string of the molecule is C=C(C)C(O)Cc1c(O)cc2oc3ccc(O)cc3c(=O)c2c1O. The van der Waals surface area contributed by atoms with Gasteiger partial charge in [-0.05, 0) is 25.1 Å². The van der Waals surface area contributed by atoms with Gasteiger partial charge in [0.25, 0.3) is 0 Å². The Morgan fingerprint density at radius 2 is 1.92 bits per heavy atom. The fourth-order valence-corrected chi connectivity index (χ4v) is 2.58. The van der Waals surface area contributed by atoms with Gasteiger partial charge in [-0.25, -0.2) is 0 Å². The summed E-state index contributed by atoms with van der Waals surface area (Å²) in [7, 11) is 0. The first-order valence-electron chi connectivity index (χ1n) is 7.26. The highest BCUT2D eigenvalue weighted by Crippen LogP contribution is 2.36. The van der Waals surface area contributed by atoms with Gasteiger partial charge in [0, 0.05) is 18.1 Å². The van der Waals surface area contributed by atoms with Crippen LogP contribution in [0.25, 0.3) is 21.9 Å². The molecule has 0 aliphatic rings. The van der Waals surface area contributed by atoms with E-state index in [4.69, 9.17) is 4.42 Å². The third-order valence-electron chi connectivity index (χ3n) is 3.97. The number of rotatable bonds is 3. The normalized spacial score (nSPS) is 12.6. The van der Waals surface area contributed by atoms with Crippen LogP contribution in [0.2, 0.25) is 0 Å². The third kappa shape index (κ3) is 2.47. The Morgan fingerprint density at radius 1 is 1.21 bits per heavy atom. The molecule has 3 aromatic rings. The standard InChI is InChI=1S/C18H16O6/c1-8(2)12(20)6-10-13(21)7-15-16(17(10)22)18(23)11-5-9(19)3-4-14(11)24-15/h3-5,7,12,19-22H,1,6H2,2H3. The molecule has 1 unspecified atom stereocenters. The number of aliphatic hydroxyl groups excluding tert-OH is 1. The molecule has 0 aliphatic heterocycles. The lowest BCUT2D eigenvalue weighted by Crippen LogP contribution is -2.12. The van der Waals surface area contributed by atoms with Gasteiger partial charge >= 0.3 is 0 Å². The van der Waals surface area contributed by atoms with Crippen LogP contribution < -0.4 is 5.43 Å². The Bertz CT molecular complexity index is 1030. The highest BCUT2D eigenvalue weighted by Gasteiger charge is 2.21. The summed E-state index contributed by atoms with van der Waals surface area (Å²) in [4.78, 5) is 12.7. The van der Waals surface area contributed by atoms with Gasteiger partial charge in [-0.1, -0.05) is 12.2 Å². The van der Waals surface area contributed by atoms with E-state index >= 15 is 0 Å². The first-order valence-corrected chi connectivity index (χ1v) is 7.26. The van der Waals surface area contributed by atoms with Gasteiger partial charge in [-0.15, -0.1) is 0 Å². The van der Waals surface area contributed by atoms with Crippen molar-refractivity contribution >= 4 is 21.9 Å². The molecular weight excluding hydrogens is 312 g/mol. The topological polar surface area (TPSA) is 111 Å². The van der Waals surface area contributed by atoms with Crippen LogP contribution in [0.1, 0.15) is 12.5 Å². The highest BCUT2D eigenvalue weighted by atomic mass is 16.3. The predicted octanol–water partition coefficient (Wildman–Crippen LogP) is 2.54. The maximum atomic E-state index is 12.7. The van der Waals surface area contributed by atoms with E-state index in [-0.39, 0.29) is 45.4 Å². The van der Waals surface area contributed by atoms with Gasteiger partial charge in [-0.2, -0.15) is 0 Å². The summed E-state index contributed by atoms with van der Waals surface area (Å²) >= 11 is 0. The van der Waals surface area contributed by atoms with Crippen molar-refractivity contribution in [2.24, 2.45) is 0 Å². The molecule has 6 heteroatoms. The second-order valence-corrected chi connectivity index (χ2v) is 5.77. The van der Waals surface area contributed by atoms with Crippen molar-refractivity contribution in [1.29, 1.82) is 0 Å². The quantitative estimate of drug-likeness (QED) is 0.434. The molecule has 0 radical (unpaired) electrons. The van der Waals surface area contributed by atoms with E-state index in [9.17, 15) is 25.2 Å². The molecule has 124 valence electrons. The number of aromatic hydroxyl groups is 3. The Kier molecular flexibility index (Phi) is 3.69. The highest BCUT2D eigenvalue weighted by molar-refractivity contribution is 5.95. The number of hydrogen-bond donors (Lipinski definition) is 4. The van der Waals surface area contributed by atoms with E-state index in [0.29, 0.717) is 5.57 Å². The zero-order valence-corrected chi connectivity index (χ0v) is 12.9. The van der Waals surface area contributed by atoms with E-state index in [1.807, 2.05) is 0 Å². The lowest BCUT2D eigenvalue weighted by molar-refractivity contribution is 0.209. The molecular formula is C18H16O6. The smallest absolute Gasteiger partial charge is 0.204 e. The fourth-order valence-electron chi connectivity index (χ4n) is 2.58. The number of phenolic OH excluding ortho intramolecular Hbond substituents is 3. The maximum absolute atomic E-state index is 12.7. The van der Waals surface area contributed by atoms with Crippen LogP contribution in [0, 0.1) is 0 Å². The molecule has 1 heterocycles. The summed E-state index contributed by atoms with van der Waals surface area (Å²) in [5.74, 6) is -0.851. The summed E-state index contributed by atoms with van der Waals surface area (Å²) < 4.78 is 5.54. The number of benzene rings is 2. The van der Waals surface area contributed by atoms with Crippen molar-refractivity contribution in [3.8, 4) is 17.2 Å². The summed E-state index contributed by atoms with van der Waals surface area (Å²) in [6.07, 6.45) is -1.07. The van der Waals surface area contributed by atoms with Gasteiger partial charge in [0.2, 0.25) is 5.43 Å². The van der Waals surface area contributed by atoms with Gasteiger partial charge in [0.1, 0.15) is 33.8 Å². The zero-order chi connectivity index (χ0) is 17.6. The molecule has 0 saturated heterocycles. The molecule has 4 N–H and O–H groups in total. The Labute approximate surface area is 136 Å². The lowest BCUT2D eigenvalue weighted by Gasteiger charge is -2.14. The van der Waals surface area contributed by atoms with Crippen molar-refractivity contribution in [2.75, 3.05) is 0 Å². The van der Waals surface area contributed by atoms with Crippen molar-refractivity contribution in [3.05, 3.63) is 52.2 Å². The first-order chi connectivity index (χ1) is 11.3. The second kappa shape index (κ2) is 5.58. The molecule has 2 aromatic carbocycles. The molecule has 6 nitrogen and oxygen atoms in total. The van der Waals surface area contributed by atoms with Crippen LogP contribution in [0.4, 0.5) is 0 Å². The van der Waals surface area contributed by atoms with E-state index in [1.165, 1.54) is 24.3 Å². The number of hydrogen-bond acceptors (Lipinski definition) is 6. The molecule has 3 rings (SSSR count). The molecule has 0 spiro atoms. The molecule has 0 fully saturated rings. The van der Waals surface area contributed by atoms with Crippen LogP contribution in [0.15, 0.2) is 45.6 Å². The number of phenols is 3. The van der Waals surface area contributed by atoms with Crippen molar-refractivity contribution in [2.45, 2.75) is 19.4 Å². The number of aliphatic hydroxyl groups is 1. The second-order valence-electron chi connectivity index (χ2n) is 5.77. The Morgan fingerprint density at radius 3 is 2.58 bits per heavy atom. The number of fused-ring (bicyclic) bond motifs is 2. The van der Waals surface area contributed by atoms with Crippen LogP contribution >= 0.6 is 0 Å². The van der Waals surface area contributed by atoms with E-state index in [1.54, 1.807) is 6.92 Å². The van der Waals surface area contributed by atoms with Crippen LogP contribution in [-0.4, -0.2) is 26.5 Å². The Hall–Kier alpha value is -2.99. The minimum absolute atomic E-state index is 0.0155. The molecule has 0 aliphatic carbocycles. The van der Waals surface area contributed by atoms with Gasteiger partial charge in [0.15, 0.2) is 0 Å². The Balaban J connectivity index is 2.34. The minimum Gasteiger partial charge on any atom is -0.508 e. The first kappa shape index (κ1) is 15.9. The average molecular weight is 328 g/mol. The molecule has 0 saturated carbocycles. The molecule has 0 bridgehead atoms. The van der Waals surface area contributed by atoms with Crippen molar-refractivity contribution in [1.82, 2.24) is 0 Å². The summed E-state index contributed by atoms with van der Waals surface area (Å²) in [6, 6.07) is 5.27. The molecule has 1 atom stereocenters. The van der Waals surface area contributed by atoms with Gasteiger partial charge in [-0.3, -0.25) is 4.79 Å². The molecule has 1 aromatic heterocycles. The van der Waals surface area contributed by atoms with Crippen LogP contribution in [-0.2, 0) is 6.42 Å². The monoisotopic (exact) mass is 328 g/mol. The van der Waals surface area contributed by atoms with Crippen molar-refractivity contribution < 1.29 is 24.8 Å². The molecule has 24 heavy (non-hydrogen) atoms. The maximum Gasteiger partial charge on any atom is 0.204 e. The predicted molar refractivity (Wildman–Crippen MR) is 89.5 cm³/mol. The van der Waals surface area contributed by atoms with Crippen molar-refractivity contribution in [3.63, 3.8) is 0 Å². The van der Waals surface area contributed by atoms with Gasteiger partial charge < -0.3 is 24.8 Å². The van der Waals surface area contributed by atoms with E-state index in [0.717, 1.165) is 0 Å².